The highest BCUT2D eigenvalue weighted by atomic mass is 79.9. The smallest absolute Gasteiger partial charge is 0.229 e. The molecule has 0 aliphatic rings. The first-order valence-electron chi connectivity index (χ1n) is 7.48. The first kappa shape index (κ1) is 18.1. The third-order valence-corrected chi connectivity index (χ3v) is 4.85. The standard InChI is InChI=1S/C19H14BrCl2NO2/c1-25-18-7-2-11-8-12(20)3-5-14(11)15(18)10-19(24)23-17-6-4-13(21)9-16(17)22/h2-9H,10H2,1H3,(H,23,24). The molecule has 0 aromatic heterocycles. The first-order chi connectivity index (χ1) is 12.0. The molecule has 0 aliphatic heterocycles. The predicted octanol–water partition coefficient (Wildman–Crippen LogP) is 6.10. The molecule has 3 aromatic carbocycles. The van der Waals surface area contributed by atoms with E-state index in [-0.39, 0.29) is 12.3 Å². The van der Waals surface area contributed by atoms with E-state index in [0.29, 0.717) is 21.5 Å². The molecule has 25 heavy (non-hydrogen) atoms. The zero-order chi connectivity index (χ0) is 18.0. The van der Waals surface area contributed by atoms with Gasteiger partial charge in [-0.2, -0.15) is 0 Å². The number of benzene rings is 3. The Bertz CT molecular complexity index is 960. The van der Waals surface area contributed by atoms with Crippen molar-refractivity contribution in [2.75, 3.05) is 12.4 Å². The van der Waals surface area contributed by atoms with E-state index in [1.54, 1.807) is 25.3 Å². The Morgan fingerprint density at radius 3 is 2.64 bits per heavy atom. The second kappa shape index (κ2) is 7.65. The van der Waals surface area contributed by atoms with Gasteiger partial charge in [0, 0.05) is 15.1 Å². The van der Waals surface area contributed by atoms with Gasteiger partial charge in [0.15, 0.2) is 0 Å². The van der Waals surface area contributed by atoms with Crippen LogP contribution >= 0.6 is 39.1 Å². The minimum atomic E-state index is -0.182. The molecule has 0 unspecified atom stereocenters. The number of amides is 1. The number of carbonyl (C=O) groups excluding carboxylic acids is 1. The normalized spacial score (nSPS) is 10.7. The molecule has 0 fully saturated rings. The molecule has 0 spiro atoms. The van der Waals surface area contributed by atoms with Gasteiger partial charge in [0.2, 0.25) is 5.91 Å². The number of hydrogen-bond donors (Lipinski definition) is 1. The first-order valence-corrected chi connectivity index (χ1v) is 9.03. The second-order valence-electron chi connectivity index (χ2n) is 5.46. The summed E-state index contributed by atoms with van der Waals surface area (Å²) in [6.45, 7) is 0. The SMILES string of the molecule is COc1ccc2cc(Br)ccc2c1CC(=O)Nc1ccc(Cl)cc1Cl. The van der Waals surface area contributed by atoms with Crippen molar-refractivity contribution in [2.24, 2.45) is 0 Å². The maximum Gasteiger partial charge on any atom is 0.229 e. The summed E-state index contributed by atoms with van der Waals surface area (Å²) in [6, 6.07) is 14.7. The largest absolute Gasteiger partial charge is 0.496 e. The van der Waals surface area contributed by atoms with Crippen LogP contribution in [0.5, 0.6) is 5.75 Å². The molecular formula is C19H14BrCl2NO2. The predicted molar refractivity (Wildman–Crippen MR) is 107 cm³/mol. The molecule has 1 N–H and O–H groups in total. The van der Waals surface area contributed by atoms with Crippen LogP contribution in [0.1, 0.15) is 5.56 Å². The average Bonchev–Trinajstić information content (AvgIpc) is 2.57. The van der Waals surface area contributed by atoms with Gasteiger partial charge in [-0.15, -0.1) is 0 Å². The number of anilines is 1. The summed E-state index contributed by atoms with van der Waals surface area (Å²) < 4.78 is 6.42. The summed E-state index contributed by atoms with van der Waals surface area (Å²) in [4.78, 5) is 12.5. The monoisotopic (exact) mass is 437 g/mol. The van der Waals surface area contributed by atoms with Gasteiger partial charge in [-0.25, -0.2) is 0 Å². The molecular weight excluding hydrogens is 425 g/mol. The molecule has 0 saturated carbocycles. The summed E-state index contributed by atoms with van der Waals surface area (Å²) in [5.41, 5.74) is 1.35. The van der Waals surface area contributed by atoms with Crippen molar-refractivity contribution in [3.63, 3.8) is 0 Å². The summed E-state index contributed by atoms with van der Waals surface area (Å²) in [7, 11) is 1.59. The molecule has 0 saturated heterocycles. The van der Waals surface area contributed by atoms with Gasteiger partial charge < -0.3 is 10.1 Å². The lowest BCUT2D eigenvalue weighted by atomic mass is 10.0. The van der Waals surface area contributed by atoms with Crippen LogP contribution in [0.25, 0.3) is 10.8 Å². The Kier molecular flexibility index (Phi) is 5.52. The third-order valence-electron chi connectivity index (χ3n) is 3.81. The van der Waals surface area contributed by atoms with Crippen LogP contribution in [0.3, 0.4) is 0 Å². The van der Waals surface area contributed by atoms with Crippen LogP contribution in [-0.2, 0) is 11.2 Å². The lowest BCUT2D eigenvalue weighted by Gasteiger charge is -2.13. The lowest BCUT2D eigenvalue weighted by Crippen LogP contribution is -2.15. The molecule has 0 bridgehead atoms. The topological polar surface area (TPSA) is 38.3 Å². The number of nitrogens with one attached hydrogen (secondary N) is 1. The van der Waals surface area contributed by atoms with Gasteiger partial charge in [0.1, 0.15) is 5.75 Å². The molecule has 0 radical (unpaired) electrons. The fourth-order valence-corrected chi connectivity index (χ4v) is 3.50. The zero-order valence-corrected chi connectivity index (χ0v) is 16.4. The number of fused-ring (bicyclic) bond motifs is 1. The van der Waals surface area contributed by atoms with Crippen LogP contribution in [0.15, 0.2) is 53.0 Å². The maximum absolute atomic E-state index is 12.5. The van der Waals surface area contributed by atoms with Crippen molar-refractivity contribution in [3.8, 4) is 5.75 Å². The van der Waals surface area contributed by atoms with Crippen LogP contribution in [0.2, 0.25) is 10.0 Å². The van der Waals surface area contributed by atoms with E-state index in [1.807, 2.05) is 30.3 Å². The van der Waals surface area contributed by atoms with E-state index >= 15 is 0 Å². The van der Waals surface area contributed by atoms with Crippen molar-refractivity contribution in [3.05, 3.63) is 68.6 Å². The molecule has 1 amide bonds. The number of rotatable bonds is 4. The molecule has 0 atom stereocenters. The van der Waals surface area contributed by atoms with E-state index < -0.39 is 0 Å². The van der Waals surface area contributed by atoms with Crippen LogP contribution in [0.4, 0.5) is 5.69 Å². The fourth-order valence-electron chi connectivity index (χ4n) is 2.66. The van der Waals surface area contributed by atoms with E-state index in [0.717, 1.165) is 20.8 Å². The van der Waals surface area contributed by atoms with Gasteiger partial charge in [0.25, 0.3) is 0 Å². The van der Waals surface area contributed by atoms with Crippen molar-refractivity contribution < 1.29 is 9.53 Å². The molecule has 0 heterocycles. The van der Waals surface area contributed by atoms with Crippen molar-refractivity contribution in [1.29, 1.82) is 0 Å². The quantitative estimate of drug-likeness (QED) is 0.534. The Morgan fingerprint density at radius 2 is 1.92 bits per heavy atom. The van der Waals surface area contributed by atoms with Gasteiger partial charge >= 0.3 is 0 Å². The van der Waals surface area contributed by atoms with Crippen molar-refractivity contribution in [2.45, 2.75) is 6.42 Å². The molecule has 3 nitrogen and oxygen atoms in total. The number of hydrogen-bond acceptors (Lipinski definition) is 2. The highest BCUT2D eigenvalue weighted by molar-refractivity contribution is 9.10. The minimum Gasteiger partial charge on any atom is -0.496 e. The maximum atomic E-state index is 12.5. The van der Waals surface area contributed by atoms with Crippen LogP contribution < -0.4 is 10.1 Å². The third kappa shape index (κ3) is 4.09. The minimum absolute atomic E-state index is 0.168. The molecule has 0 aliphatic carbocycles. The Hall–Kier alpha value is -1.75. The Labute approximate surface area is 164 Å². The number of halogens is 3. The summed E-state index contributed by atoms with van der Waals surface area (Å²) in [6.07, 6.45) is 0.168. The number of carbonyl (C=O) groups is 1. The molecule has 3 aromatic rings. The van der Waals surface area contributed by atoms with E-state index in [4.69, 9.17) is 27.9 Å². The van der Waals surface area contributed by atoms with Gasteiger partial charge in [-0.3, -0.25) is 4.79 Å². The highest BCUT2D eigenvalue weighted by Gasteiger charge is 2.14. The summed E-state index contributed by atoms with van der Waals surface area (Å²) in [5.74, 6) is 0.491. The van der Waals surface area contributed by atoms with Crippen molar-refractivity contribution in [1.82, 2.24) is 0 Å². The zero-order valence-electron chi connectivity index (χ0n) is 13.3. The highest BCUT2D eigenvalue weighted by Crippen LogP contribution is 2.31. The summed E-state index contributed by atoms with van der Waals surface area (Å²) >= 11 is 15.5. The Morgan fingerprint density at radius 1 is 1.12 bits per heavy atom. The molecule has 3 rings (SSSR count). The lowest BCUT2D eigenvalue weighted by molar-refractivity contribution is -0.115. The second-order valence-corrected chi connectivity index (χ2v) is 7.22. The van der Waals surface area contributed by atoms with Crippen LogP contribution in [-0.4, -0.2) is 13.0 Å². The van der Waals surface area contributed by atoms with Gasteiger partial charge in [-0.1, -0.05) is 51.3 Å². The molecule has 6 heteroatoms. The van der Waals surface area contributed by atoms with Crippen molar-refractivity contribution >= 4 is 61.5 Å². The number of ether oxygens (including phenoxy) is 1. The van der Waals surface area contributed by atoms with Gasteiger partial charge in [-0.05, 0) is 47.2 Å². The average molecular weight is 439 g/mol. The van der Waals surface area contributed by atoms with Crippen LogP contribution in [0, 0.1) is 0 Å². The molecule has 128 valence electrons. The van der Waals surface area contributed by atoms with E-state index in [9.17, 15) is 4.79 Å². The fraction of sp³-hybridized carbons (Fsp3) is 0.105. The summed E-state index contributed by atoms with van der Waals surface area (Å²) in [5, 5.41) is 5.74. The Balaban J connectivity index is 1.92. The van der Waals surface area contributed by atoms with E-state index in [1.165, 1.54) is 0 Å². The van der Waals surface area contributed by atoms with Gasteiger partial charge in [0.05, 0.1) is 24.2 Å². The van der Waals surface area contributed by atoms with E-state index in [2.05, 4.69) is 21.2 Å². The number of methoxy groups -OCH3 is 1.